The fourth-order valence-electron chi connectivity index (χ4n) is 2.41. The molecular formula is C14H17N3O3. The summed E-state index contributed by atoms with van der Waals surface area (Å²) in [5, 5.41) is 4.06. The van der Waals surface area contributed by atoms with E-state index in [1.807, 2.05) is 6.07 Å². The fraction of sp³-hybridized carbons (Fsp3) is 0.500. The van der Waals surface area contributed by atoms with Crippen molar-refractivity contribution in [3.8, 4) is 17.3 Å². The molecule has 106 valence electrons. The van der Waals surface area contributed by atoms with E-state index in [4.69, 9.17) is 14.0 Å². The van der Waals surface area contributed by atoms with E-state index in [1.165, 1.54) is 0 Å². The Kier molecular flexibility index (Phi) is 3.64. The molecule has 0 N–H and O–H groups in total. The van der Waals surface area contributed by atoms with Crippen LogP contribution in [0.15, 0.2) is 22.9 Å². The quantitative estimate of drug-likeness (QED) is 0.855. The third-order valence-corrected chi connectivity index (χ3v) is 3.60. The molecule has 0 aliphatic carbocycles. The molecule has 1 saturated heterocycles. The Morgan fingerprint density at radius 2 is 2.30 bits per heavy atom. The first-order chi connectivity index (χ1) is 9.78. The first kappa shape index (κ1) is 13.1. The lowest BCUT2D eigenvalue weighted by atomic mass is 9.90. The van der Waals surface area contributed by atoms with Gasteiger partial charge in [-0.15, -0.1) is 0 Å². The molecular weight excluding hydrogens is 258 g/mol. The molecule has 0 aromatic carbocycles. The van der Waals surface area contributed by atoms with Crippen LogP contribution in [0.25, 0.3) is 11.4 Å². The highest BCUT2D eigenvalue weighted by Gasteiger charge is 2.28. The summed E-state index contributed by atoms with van der Waals surface area (Å²) in [5.41, 5.74) is 0.839. The second-order valence-electron chi connectivity index (χ2n) is 4.99. The highest BCUT2D eigenvalue weighted by molar-refractivity contribution is 5.55. The van der Waals surface area contributed by atoms with Crippen molar-refractivity contribution in [2.24, 2.45) is 5.92 Å². The minimum Gasteiger partial charge on any atom is -0.481 e. The smallest absolute Gasteiger partial charge is 0.230 e. The highest BCUT2D eigenvalue weighted by atomic mass is 16.5. The molecule has 2 aromatic heterocycles. The molecule has 1 aliphatic rings. The fourth-order valence-corrected chi connectivity index (χ4v) is 2.41. The third-order valence-electron chi connectivity index (χ3n) is 3.60. The summed E-state index contributed by atoms with van der Waals surface area (Å²) in [7, 11) is 1.58. The van der Waals surface area contributed by atoms with Crippen LogP contribution in [0.4, 0.5) is 0 Å². The van der Waals surface area contributed by atoms with Gasteiger partial charge in [0.2, 0.25) is 17.6 Å². The van der Waals surface area contributed by atoms with Gasteiger partial charge in [0, 0.05) is 37.0 Å². The van der Waals surface area contributed by atoms with Crippen LogP contribution >= 0.6 is 0 Å². The normalized spacial score (nSPS) is 22.7. The molecule has 0 amide bonds. The average molecular weight is 275 g/mol. The molecule has 20 heavy (non-hydrogen) atoms. The zero-order chi connectivity index (χ0) is 13.9. The highest BCUT2D eigenvalue weighted by Crippen LogP contribution is 2.31. The second-order valence-corrected chi connectivity index (χ2v) is 4.99. The zero-order valence-electron chi connectivity index (χ0n) is 11.6. The maximum Gasteiger partial charge on any atom is 0.230 e. The lowest BCUT2D eigenvalue weighted by molar-refractivity contribution is 0.0392. The maximum atomic E-state index is 5.44. The van der Waals surface area contributed by atoms with Crippen molar-refractivity contribution in [3.05, 3.63) is 24.2 Å². The van der Waals surface area contributed by atoms with Crippen LogP contribution in [0, 0.1) is 5.92 Å². The number of nitrogens with zero attached hydrogens (tertiary/aromatic N) is 3. The molecule has 1 aliphatic heterocycles. The number of ether oxygens (including phenoxy) is 2. The van der Waals surface area contributed by atoms with Crippen LogP contribution in [-0.4, -0.2) is 35.4 Å². The molecule has 1 fully saturated rings. The number of hydrogen-bond acceptors (Lipinski definition) is 6. The van der Waals surface area contributed by atoms with Crippen molar-refractivity contribution in [1.29, 1.82) is 0 Å². The van der Waals surface area contributed by atoms with Gasteiger partial charge >= 0.3 is 0 Å². The Morgan fingerprint density at radius 1 is 1.40 bits per heavy atom. The van der Waals surface area contributed by atoms with E-state index >= 15 is 0 Å². The van der Waals surface area contributed by atoms with Gasteiger partial charge in [0.25, 0.3) is 0 Å². The Morgan fingerprint density at radius 3 is 3.10 bits per heavy atom. The van der Waals surface area contributed by atoms with Gasteiger partial charge in [0.15, 0.2) is 0 Å². The summed E-state index contributed by atoms with van der Waals surface area (Å²) in [4.78, 5) is 8.58. The van der Waals surface area contributed by atoms with Crippen molar-refractivity contribution in [1.82, 2.24) is 15.1 Å². The van der Waals surface area contributed by atoms with Crippen molar-refractivity contribution in [2.45, 2.75) is 19.3 Å². The van der Waals surface area contributed by atoms with Crippen LogP contribution in [0.2, 0.25) is 0 Å². The predicted molar refractivity (Wildman–Crippen MR) is 71.4 cm³/mol. The zero-order valence-corrected chi connectivity index (χ0v) is 11.6. The van der Waals surface area contributed by atoms with E-state index < -0.39 is 0 Å². The minimum absolute atomic E-state index is 0.272. The van der Waals surface area contributed by atoms with Gasteiger partial charge in [-0.05, 0) is 18.4 Å². The topological polar surface area (TPSA) is 70.3 Å². The maximum absolute atomic E-state index is 5.44. The molecule has 0 radical (unpaired) electrons. The minimum atomic E-state index is 0.272. The number of hydrogen-bond donors (Lipinski definition) is 0. The van der Waals surface area contributed by atoms with E-state index in [1.54, 1.807) is 19.4 Å². The van der Waals surface area contributed by atoms with Crippen molar-refractivity contribution in [2.75, 3.05) is 20.3 Å². The Labute approximate surface area is 117 Å². The SMILES string of the molecule is COc1cc(-c2noc([C@H]3CCOC[C@@H]3C)n2)ccn1. The Hall–Kier alpha value is -1.95. The van der Waals surface area contributed by atoms with Gasteiger partial charge in [-0.25, -0.2) is 4.98 Å². The standard InChI is InChI=1S/C14H17N3O3/c1-9-8-19-6-4-11(9)14-16-13(17-20-14)10-3-5-15-12(7-10)18-2/h3,5,7,9,11H,4,6,8H2,1-2H3/t9-,11-/m0/s1. The molecule has 3 heterocycles. The van der Waals surface area contributed by atoms with E-state index in [0.29, 0.717) is 23.5 Å². The van der Waals surface area contributed by atoms with E-state index in [9.17, 15) is 0 Å². The van der Waals surface area contributed by atoms with Gasteiger partial charge in [-0.3, -0.25) is 0 Å². The van der Waals surface area contributed by atoms with Crippen molar-refractivity contribution in [3.63, 3.8) is 0 Å². The van der Waals surface area contributed by atoms with E-state index in [2.05, 4.69) is 22.0 Å². The Balaban J connectivity index is 1.85. The van der Waals surface area contributed by atoms with Crippen LogP contribution < -0.4 is 4.74 Å². The lowest BCUT2D eigenvalue weighted by Crippen LogP contribution is -2.23. The summed E-state index contributed by atoms with van der Waals surface area (Å²) in [6.07, 6.45) is 2.59. The number of pyridine rings is 1. The first-order valence-electron chi connectivity index (χ1n) is 6.69. The molecule has 0 unspecified atom stereocenters. The summed E-state index contributed by atoms with van der Waals surface area (Å²) < 4.78 is 16.0. The van der Waals surface area contributed by atoms with Crippen LogP contribution in [-0.2, 0) is 4.74 Å². The summed E-state index contributed by atoms with van der Waals surface area (Å²) in [6.45, 7) is 3.63. The summed E-state index contributed by atoms with van der Waals surface area (Å²) in [5.74, 6) is 2.46. The molecule has 3 rings (SSSR count). The van der Waals surface area contributed by atoms with Crippen LogP contribution in [0.3, 0.4) is 0 Å². The average Bonchev–Trinajstić information content (AvgIpc) is 2.97. The molecule has 0 bridgehead atoms. The molecule has 6 nitrogen and oxygen atoms in total. The van der Waals surface area contributed by atoms with Gasteiger partial charge in [-0.2, -0.15) is 4.98 Å². The number of methoxy groups -OCH3 is 1. The number of rotatable bonds is 3. The van der Waals surface area contributed by atoms with E-state index in [-0.39, 0.29) is 5.92 Å². The molecule has 2 atom stereocenters. The van der Waals surface area contributed by atoms with Crippen LogP contribution in [0.1, 0.15) is 25.2 Å². The van der Waals surface area contributed by atoms with E-state index in [0.717, 1.165) is 25.2 Å². The largest absolute Gasteiger partial charge is 0.481 e. The second kappa shape index (κ2) is 5.58. The molecule has 0 spiro atoms. The predicted octanol–water partition coefficient (Wildman–Crippen LogP) is 2.28. The molecule has 6 heteroatoms. The van der Waals surface area contributed by atoms with Gasteiger partial charge in [0.05, 0.1) is 7.11 Å². The monoisotopic (exact) mass is 275 g/mol. The number of aromatic nitrogens is 3. The van der Waals surface area contributed by atoms with Gasteiger partial charge in [0.1, 0.15) is 0 Å². The molecule has 2 aromatic rings. The first-order valence-corrected chi connectivity index (χ1v) is 6.69. The summed E-state index contributed by atoms with van der Waals surface area (Å²) >= 11 is 0. The Bertz CT molecular complexity index is 585. The van der Waals surface area contributed by atoms with Gasteiger partial charge < -0.3 is 14.0 Å². The molecule has 0 saturated carbocycles. The van der Waals surface area contributed by atoms with Crippen molar-refractivity contribution < 1.29 is 14.0 Å². The lowest BCUT2D eigenvalue weighted by Gasteiger charge is -2.25. The van der Waals surface area contributed by atoms with Gasteiger partial charge in [-0.1, -0.05) is 12.1 Å². The summed E-state index contributed by atoms with van der Waals surface area (Å²) in [6, 6.07) is 3.63. The van der Waals surface area contributed by atoms with Crippen LogP contribution in [0.5, 0.6) is 5.88 Å². The van der Waals surface area contributed by atoms with Crippen molar-refractivity contribution >= 4 is 0 Å². The third kappa shape index (κ3) is 2.51.